The van der Waals surface area contributed by atoms with Crippen LogP contribution in [0, 0.1) is 5.92 Å². The predicted octanol–water partition coefficient (Wildman–Crippen LogP) is 0.286. The first-order valence-electron chi connectivity index (χ1n) is 4.49. The molecule has 1 N–H and O–H groups in total. The maximum absolute atomic E-state index is 11.5. The maximum atomic E-state index is 11.5. The Kier molecular flexibility index (Phi) is 5.51. The maximum Gasteiger partial charge on any atom is 0.214 e. The molecule has 0 radical (unpaired) electrons. The van der Waals surface area contributed by atoms with Gasteiger partial charge in [-0.25, -0.2) is 12.7 Å². The number of sulfonamides is 1. The van der Waals surface area contributed by atoms with Crippen molar-refractivity contribution in [3.8, 4) is 0 Å². The smallest absolute Gasteiger partial charge is 0.214 e. The van der Waals surface area contributed by atoms with Crippen molar-refractivity contribution in [2.75, 3.05) is 26.0 Å². The Morgan fingerprint density at radius 3 is 2.38 bits per heavy atom. The van der Waals surface area contributed by atoms with Crippen molar-refractivity contribution in [2.45, 2.75) is 20.3 Å². The Balaban J connectivity index is 4.23. The van der Waals surface area contributed by atoms with Gasteiger partial charge in [0.25, 0.3) is 0 Å². The molecule has 1 unspecified atom stereocenters. The summed E-state index contributed by atoms with van der Waals surface area (Å²) >= 11 is 0. The summed E-state index contributed by atoms with van der Waals surface area (Å²) < 4.78 is 24.2. The van der Waals surface area contributed by atoms with Crippen LogP contribution in [0.5, 0.6) is 0 Å². The van der Waals surface area contributed by atoms with Gasteiger partial charge in [-0.3, -0.25) is 0 Å². The molecule has 0 aliphatic heterocycles. The van der Waals surface area contributed by atoms with Crippen LogP contribution in [0.15, 0.2) is 0 Å². The van der Waals surface area contributed by atoms with Gasteiger partial charge in [0.15, 0.2) is 0 Å². The summed E-state index contributed by atoms with van der Waals surface area (Å²) in [4.78, 5) is 0. The van der Waals surface area contributed by atoms with Crippen molar-refractivity contribution in [1.82, 2.24) is 4.31 Å². The molecule has 0 amide bonds. The normalized spacial score (nSPS) is 14.8. The monoisotopic (exact) mass is 209 g/mol. The number of nitrogens with zero attached hydrogens (tertiary/aromatic N) is 1. The van der Waals surface area contributed by atoms with Crippen molar-refractivity contribution in [1.29, 1.82) is 0 Å². The predicted molar refractivity (Wildman–Crippen MR) is 53.0 cm³/mol. The van der Waals surface area contributed by atoms with Crippen LogP contribution >= 0.6 is 0 Å². The lowest BCUT2D eigenvalue weighted by molar-refractivity contribution is 0.266. The average molecular weight is 209 g/mol. The van der Waals surface area contributed by atoms with E-state index in [2.05, 4.69) is 0 Å². The summed E-state index contributed by atoms with van der Waals surface area (Å²) in [6, 6.07) is 0. The lowest BCUT2D eigenvalue weighted by atomic mass is 10.2. The molecule has 13 heavy (non-hydrogen) atoms. The molecular weight excluding hydrogens is 190 g/mol. The van der Waals surface area contributed by atoms with Crippen LogP contribution in [0.3, 0.4) is 0 Å². The third-order valence-corrected chi connectivity index (χ3v) is 4.20. The molecule has 0 saturated heterocycles. The minimum Gasteiger partial charge on any atom is -0.395 e. The van der Waals surface area contributed by atoms with Gasteiger partial charge in [-0.15, -0.1) is 0 Å². The summed E-state index contributed by atoms with van der Waals surface area (Å²) in [5.41, 5.74) is 0. The molecule has 0 fully saturated rings. The number of aliphatic hydroxyl groups excluding tert-OH is 1. The number of aliphatic hydroxyl groups is 1. The molecule has 0 bridgehead atoms. The molecule has 0 aromatic heterocycles. The largest absolute Gasteiger partial charge is 0.395 e. The van der Waals surface area contributed by atoms with Crippen molar-refractivity contribution >= 4 is 10.0 Å². The van der Waals surface area contributed by atoms with E-state index in [4.69, 9.17) is 5.11 Å². The van der Waals surface area contributed by atoms with E-state index in [0.717, 1.165) is 6.42 Å². The minimum atomic E-state index is -3.16. The lowest BCUT2D eigenvalue weighted by Gasteiger charge is -2.18. The van der Waals surface area contributed by atoms with Crippen LogP contribution < -0.4 is 0 Å². The molecular formula is C8H19NO3S. The van der Waals surface area contributed by atoms with Crippen LogP contribution in [0.4, 0.5) is 0 Å². The molecule has 0 aliphatic rings. The number of hydrogen-bond acceptors (Lipinski definition) is 3. The van der Waals surface area contributed by atoms with Crippen LogP contribution in [0.25, 0.3) is 0 Å². The van der Waals surface area contributed by atoms with Gasteiger partial charge in [0.2, 0.25) is 10.0 Å². The second kappa shape index (κ2) is 5.57. The molecule has 80 valence electrons. The van der Waals surface area contributed by atoms with Gasteiger partial charge in [0, 0.05) is 13.6 Å². The number of hydrogen-bond donors (Lipinski definition) is 1. The third-order valence-electron chi connectivity index (χ3n) is 2.08. The van der Waals surface area contributed by atoms with Gasteiger partial charge in [-0.1, -0.05) is 20.3 Å². The lowest BCUT2D eigenvalue weighted by Crippen LogP contribution is -2.33. The summed E-state index contributed by atoms with van der Waals surface area (Å²) in [6.07, 6.45) is 0.853. The van der Waals surface area contributed by atoms with Crippen molar-refractivity contribution < 1.29 is 13.5 Å². The zero-order chi connectivity index (χ0) is 10.5. The van der Waals surface area contributed by atoms with Crippen LogP contribution in [-0.2, 0) is 10.0 Å². The highest BCUT2D eigenvalue weighted by atomic mass is 32.2. The number of rotatable bonds is 6. The van der Waals surface area contributed by atoms with E-state index >= 15 is 0 Å². The van der Waals surface area contributed by atoms with E-state index in [1.807, 2.05) is 13.8 Å². The fourth-order valence-electron chi connectivity index (χ4n) is 0.885. The minimum absolute atomic E-state index is 0.129. The third kappa shape index (κ3) is 4.59. The Morgan fingerprint density at radius 2 is 2.00 bits per heavy atom. The van der Waals surface area contributed by atoms with E-state index in [0.29, 0.717) is 0 Å². The molecule has 4 nitrogen and oxygen atoms in total. The van der Waals surface area contributed by atoms with Crippen LogP contribution in [0.1, 0.15) is 20.3 Å². The van der Waals surface area contributed by atoms with Crippen LogP contribution in [0.2, 0.25) is 0 Å². The summed E-state index contributed by atoms with van der Waals surface area (Å²) in [6.45, 7) is 3.92. The summed E-state index contributed by atoms with van der Waals surface area (Å²) in [7, 11) is -1.67. The molecule has 5 heteroatoms. The topological polar surface area (TPSA) is 57.6 Å². The van der Waals surface area contributed by atoms with Gasteiger partial charge in [0.1, 0.15) is 0 Å². The van der Waals surface area contributed by atoms with E-state index in [1.165, 1.54) is 11.4 Å². The molecule has 1 atom stereocenters. The molecule has 0 spiro atoms. The Hall–Kier alpha value is -0.130. The summed E-state index contributed by atoms with van der Waals surface area (Å²) in [5.74, 6) is 0.339. The molecule has 0 aliphatic carbocycles. The fraction of sp³-hybridized carbons (Fsp3) is 1.00. The first-order chi connectivity index (χ1) is 5.94. The second-order valence-electron chi connectivity index (χ2n) is 3.34. The van der Waals surface area contributed by atoms with Gasteiger partial charge < -0.3 is 5.11 Å². The van der Waals surface area contributed by atoms with E-state index < -0.39 is 10.0 Å². The standard InChI is InChI=1S/C8H19NO3S/c1-4-8(2)7-13(11,12)9(3)5-6-10/h8,10H,4-7H2,1-3H3. The fourth-order valence-corrected chi connectivity index (χ4v) is 2.45. The Labute approximate surface area is 80.6 Å². The second-order valence-corrected chi connectivity index (χ2v) is 5.46. The van der Waals surface area contributed by atoms with Crippen LogP contribution in [-0.4, -0.2) is 43.8 Å². The van der Waals surface area contributed by atoms with Crippen molar-refractivity contribution in [3.05, 3.63) is 0 Å². The SMILES string of the molecule is CCC(C)CS(=O)(=O)N(C)CCO. The molecule has 0 rings (SSSR count). The van der Waals surface area contributed by atoms with Gasteiger partial charge in [-0.05, 0) is 5.92 Å². The Bertz CT molecular complexity index is 226. The first-order valence-corrected chi connectivity index (χ1v) is 6.09. The number of likely N-dealkylation sites (N-methyl/N-ethyl adjacent to an activating group) is 1. The average Bonchev–Trinajstić information content (AvgIpc) is 2.04. The van der Waals surface area contributed by atoms with Crippen molar-refractivity contribution in [2.24, 2.45) is 5.92 Å². The molecule has 0 aromatic rings. The molecule has 0 heterocycles. The highest BCUT2D eigenvalue weighted by molar-refractivity contribution is 7.89. The van der Waals surface area contributed by atoms with Crippen molar-refractivity contribution in [3.63, 3.8) is 0 Å². The molecule has 0 aromatic carbocycles. The molecule has 0 saturated carbocycles. The zero-order valence-corrected chi connectivity index (χ0v) is 9.34. The quantitative estimate of drug-likeness (QED) is 0.684. The van der Waals surface area contributed by atoms with Gasteiger partial charge in [-0.2, -0.15) is 0 Å². The van der Waals surface area contributed by atoms with E-state index in [-0.39, 0.29) is 24.8 Å². The van der Waals surface area contributed by atoms with Gasteiger partial charge >= 0.3 is 0 Å². The Morgan fingerprint density at radius 1 is 1.46 bits per heavy atom. The zero-order valence-electron chi connectivity index (χ0n) is 8.52. The summed E-state index contributed by atoms with van der Waals surface area (Å²) in [5, 5.41) is 8.59. The highest BCUT2D eigenvalue weighted by Gasteiger charge is 2.19. The highest BCUT2D eigenvalue weighted by Crippen LogP contribution is 2.08. The van der Waals surface area contributed by atoms with Gasteiger partial charge in [0.05, 0.1) is 12.4 Å². The van der Waals surface area contributed by atoms with E-state index in [9.17, 15) is 8.42 Å². The van der Waals surface area contributed by atoms with E-state index in [1.54, 1.807) is 0 Å². The first kappa shape index (κ1) is 12.9.